The van der Waals surface area contributed by atoms with Crippen molar-refractivity contribution in [3.8, 4) is 0 Å². The second-order valence-electron chi connectivity index (χ2n) is 4.21. The van der Waals surface area contributed by atoms with Gasteiger partial charge in [0.2, 0.25) is 0 Å². The fourth-order valence-electron chi connectivity index (χ4n) is 1.71. The number of likely N-dealkylation sites (N-methyl/N-ethyl adjacent to an activating group) is 1. The molecule has 1 heterocycles. The van der Waals surface area contributed by atoms with Gasteiger partial charge in [-0.25, -0.2) is 5.32 Å². The van der Waals surface area contributed by atoms with Crippen LogP contribution in [0.25, 0.3) is 0 Å². The van der Waals surface area contributed by atoms with E-state index in [9.17, 15) is 0 Å². The van der Waals surface area contributed by atoms with Crippen molar-refractivity contribution in [2.45, 2.75) is 18.9 Å². The molecule has 1 saturated heterocycles. The quantitative estimate of drug-likeness (QED) is 0.626. The third kappa shape index (κ3) is 4.07. The summed E-state index contributed by atoms with van der Waals surface area (Å²) in [6.07, 6.45) is 2.47. The Morgan fingerprint density at radius 1 is 1.46 bits per heavy atom. The van der Waals surface area contributed by atoms with Crippen molar-refractivity contribution in [2.75, 3.05) is 47.3 Å². The van der Waals surface area contributed by atoms with Gasteiger partial charge in [0.1, 0.15) is 0 Å². The highest BCUT2D eigenvalue weighted by Crippen LogP contribution is 2.06. The monoisotopic (exact) mass is 184 g/mol. The van der Waals surface area contributed by atoms with Crippen LogP contribution in [0.15, 0.2) is 0 Å². The van der Waals surface area contributed by atoms with Gasteiger partial charge in [-0.05, 0) is 47.1 Å². The van der Waals surface area contributed by atoms with Gasteiger partial charge in [-0.2, -0.15) is 0 Å². The van der Waals surface area contributed by atoms with Crippen molar-refractivity contribution < 1.29 is 0 Å². The normalized spacial score (nSPS) is 26.3. The molecule has 77 valence electrons. The minimum Gasteiger partial charge on any atom is -0.309 e. The van der Waals surface area contributed by atoms with Crippen molar-refractivity contribution >= 4 is 0 Å². The molecule has 0 amide bonds. The minimum absolute atomic E-state index is 0.671. The molecule has 1 rings (SSSR count). The molecule has 3 nitrogen and oxygen atoms in total. The maximum atomic E-state index is 4.52. The summed E-state index contributed by atoms with van der Waals surface area (Å²) in [5.41, 5.74) is 0. The molecule has 0 aromatic carbocycles. The van der Waals surface area contributed by atoms with Gasteiger partial charge >= 0.3 is 0 Å². The second kappa shape index (κ2) is 5.58. The van der Waals surface area contributed by atoms with E-state index in [1.807, 2.05) is 0 Å². The van der Waals surface area contributed by atoms with Gasteiger partial charge in [-0.1, -0.05) is 0 Å². The fraction of sp³-hybridized carbons (Fsp3) is 1.00. The Morgan fingerprint density at radius 3 is 2.92 bits per heavy atom. The lowest BCUT2D eigenvalue weighted by molar-refractivity contribution is 0.225. The number of hydrogen-bond donors (Lipinski definition) is 0. The molecule has 0 aromatic heterocycles. The standard InChI is InChI=1S/C10H22N3/c1-12(2)8-5-10-9-11-6-4-7-13(10)3/h10H,4-9H2,1-3H3. The molecule has 1 atom stereocenters. The maximum Gasteiger partial charge on any atom is 0.0290 e. The topological polar surface area (TPSA) is 20.6 Å². The molecule has 1 fully saturated rings. The molecule has 3 heteroatoms. The maximum absolute atomic E-state index is 4.52. The first-order valence-electron chi connectivity index (χ1n) is 5.18. The van der Waals surface area contributed by atoms with Crippen LogP contribution in [0.5, 0.6) is 0 Å². The Hall–Kier alpha value is -0.120. The van der Waals surface area contributed by atoms with Crippen LogP contribution in [-0.2, 0) is 0 Å². The van der Waals surface area contributed by atoms with E-state index >= 15 is 0 Å². The van der Waals surface area contributed by atoms with Crippen molar-refractivity contribution in [1.29, 1.82) is 0 Å². The predicted molar refractivity (Wildman–Crippen MR) is 56.1 cm³/mol. The summed E-state index contributed by atoms with van der Waals surface area (Å²) >= 11 is 0. The lowest BCUT2D eigenvalue weighted by Gasteiger charge is -2.26. The number of hydrogen-bond acceptors (Lipinski definition) is 2. The van der Waals surface area contributed by atoms with E-state index in [1.165, 1.54) is 25.9 Å². The van der Waals surface area contributed by atoms with Crippen LogP contribution in [-0.4, -0.2) is 63.2 Å². The molecule has 1 aliphatic heterocycles. The van der Waals surface area contributed by atoms with Gasteiger partial charge in [0.25, 0.3) is 0 Å². The first-order valence-corrected chi connectivity index (χ1v) is 5.18. The third-order valence-electron chi connectivity index (χ3n) is 2.70. The van der Waals surface area contributed by atoms with E-state index < -0.39 is 0 Å². The molecule has 1 aliphatic rings. The Bertz CT molecular complexity index is 136. The molecule has 0 saturated carbocycles. The summed E-state index contributed by atoms with van der Waals surface area (Å²) in [6.45, 7) is 4.47. The van der Waals surface area contributed by atoms with Crippen molar-refractivity contribution in [3.63, 3.8) is 0 Å². The van der Waals surface area contributed by atoms with Gasteiger partial charge in [-0.3, -0.25) is 0 Å². The zero-order chi connectivity index (χ0) is 9.68. The zero-order valence-corrected chi connectivity index (χ0v) is 9.16. The van der Waals surface area contributed by atoms with Crippen LogP contribution in [0.3, 0.4) is 0 Å². The number of rotatable bonds is 3. The number of nitrogens with zero attached hydrogens (tertiary/aromatic N) is 3. The van der Waals surface area contributed by atoms with Gasteiger partial charge in [0, 0.05) is 19.1 Å². The summed E-state index contributed by atoms with van der Waals surface area (Å²) in [7, 11) is 6.49. The summed E-state index contributed by atoms with van der Waals surface area (Å²) < 4.78 is 0. The molecule has 13 heavy (non-hydrogen) atoms. The largest absolute Gasteiger partial charge is 0.309 e. The predicted octanol–water partition coefficient (Wildman–Crippen LogP) is 0.247. The minimum atomic E-state index is 0.671. The summed E-state index contributed by atoms with van der Waals surface area (Å²) in [6, 6.07) is 0.671. The molecule has 0 bridgehead atoms. The Balaban J connectivity index is 2.27. The molecule has 0 aromatic rings. The van der Waals surface area contributed by atoms with Crippen LogP contribution in [0.2, 0.25) is 0 Å². The average molecular weight is 184 g/mol. The highest BCUT2D eigenvalue weighted by atomic mass is 15.2. The molecule has 1 unspecified atom stereocenters. The van der Waals surface area contributed by atoms with Gasteiger partial charge in [-0.15, -0.1) is 0 Å². The van der Waals surface area contributed by atoms with Crippen molar-refractivity contribution in [1.82, 2.24) is 15.1 Å². The van der Waals surface area contributed by atoms with Crippen LogP contribution >= 0.6 is 0 Å². The van der Waals surface area contributed by atoms with Gasteiger partial charge in [0.05, 0.1) is 0 Å². The lowest BCUT2D eigenvalue weighted by atomic mass is 10.2. The lowest BCUT2D eigenvalue weighted by Crippen LogP contribution is -2.37. The second-order valence-corrected chi connectivity index (χ2v) is 4.21. The summed E-state index contributed by atoms with van der Waals surface area (Å²) in [4.78, 5) is 4.71. The van der Waals surface area contributed by atoms with E-state index in [2.05, 4.69) is 36.3 Å². The summed E-state index contributed by atoms with van der Waals surface area (Å²) in [5, 5.41) is 4.52. The van der Waals surface area contributed by atoms with Crippen LogP contribution in [0, 0.1) is 0 Å². The van der Waals surface area contributed by atoms with Crippen molar-refractivity contribution in [3.05, 3.63) is 0 Å². The molecular formula is C10H22N3. The fourth-order valence-corrected chi connectivity index (χ4v) is 1.71. The Labute approximate surface area is 82.1 Å². The first kappa shape index (κ1) is 11.0. The summed E-state index contributed by atoms with van der Waals surface area (Å²) in [5.74, 6) is 0. The molecule has 0 N–H and O–H groups in total. The molecule has 0 spiro atoms. The molecule has 0 aliphatic carbocycles. The van der Waals surface area contributed by atoms with E-state index in [0.717, 1.165) is 13.1 Å². The van der Waals surface area contributed by atoms with Gasteiger partial charge in [0.15, 0.2) is 0 Å². The van der Waals surface area contributed by atoms with Crippen molar-refractivity contribution in [2.24, 2.45) is 0 Å². The highest BCUT2D eigenvalue weighted by molar-refractivity contribution is 4.75. The zero-order valence-electron chi connectivity index (χ0n) is 9.16. The van der Waals surface area contributed by atoms with E-state index in [-0.39, 0.29) is 0 Å². The third-order valence-corrected chi connectivity index (χ3v) is 2.70. The van der Waals surface area contributed by atoms with Gasteiger partial charge < -0.3 is 9.80 Å². The van der Waals surface area contributed by atoms with E-state index in [0.29, 0.717) is 6.04 Å². The average Bonchev–Trinajstić information content (AvgIpc) is 2.27. The molecular weight excluding hydrogens is 162 g/mol. The van der Waals surface area contributed by atoms with Crippen LogP contribution < -0.4 is 5.32 Å². The molecule has 1 radical (unpaired) electrons. The SMILES string of the molecule is CN(C)CCC1C[N]CCCN1C. The van der Waals surface area contributed by atoms with E-state index in [4.69, 9.17) is 0 Å². The van der Waals surface area contributed by atoms with Crippen LogP contribution in [0.1, 0.15) is 12.8 Å². The Morgan fingerprint density at radius 2 is 2.23 bits per heavy atom. The highest BCUT2D eigenvalue weighted by Gasteiger charge is 2.17. The first-order chi connectivity index (χ1) is 6.20. The van der Waals surface area contributed by atoms with Crippen LogP contribution in [0.4, 0.5) is 0 Å². The Kier molecular flexibility index (Phi) is 4.70. The van der Waals surface area contributed by atoms with E-state index in [1.54, 1.807) is 0 Å². The smallest absolute Gasteiger partial charge is 0.0290 e.